The smallest absolute Gasteiger partial charge is 0.305 e. The number of carbonyl (C=O) groups excluding carboxylic acids is 4. The molecule has 0 spiro atoms. The Morgan fingerprint density at radius 2 is 1.33 bits per heavy atom. The fourth-order valence-electron chi connectivity index (χ4n) is 1.06. The molecule has 0 saturated carbocycles. The molecule has 2 amide bonds. The number of ether oxygens (including phenoxy) is 1. The molecule has 0 rings (SSSR count). The first kappa shape index (κ1) is 40.6. The Hall–Kier alpha value is -2.69. The number of hydrogen-bond donors (Lipinski definition) is 9. The van der Waals surface area contributed by atoms with Crippen LogP contribution < -0.4 is 16.8 Å². The Kier molecular flexibility index (Phi) is 36.1. The summed E-state index contributed by atoms with van der Waals surface area (Å²) in [5.74, 6) is -2.39. The maximum atomic E-state index is 10.9. The Balaban J connectivity index is -0.000000132. The van der Waals surface area contributed by atoms with Crippen LogP contribution in [0.25, 0.3) is 0 Å². The van der Waals surface area contributed by atoms with E-state index < -0.39 is 55.5 Å². The van der Waals surface area contributed by atoms with E-state index in [0.717, 1.165) is 6.92 Å². The lowest BCUT2D eigenvalue weighted by Gasteiger charge is -2.23. The number of primary amides is 2. The molecule has 0 aromatic carbocycles. The zero-order chi connectivity index (χ0) is 27.6. The number of nitrogens with two attached hydrogens (primary N) is 2. The van der Waals surface area contributed by atoms with Gasteiger partial charge >= 0.3 is 5.97 Å². The van der Waals surface area contributed by atoms with Crippen LogP contribution in [0.1, 0.15) is 33.6 Å². The van der Waals surface area contributed by atoms with Crippen LogP contribution in [0.2, 0.25) is 0 Å². The maximum Gasteiger partial charge on any atom is 0.305 e. The lowest BCUT2D eigenvalue weighted by Crippen LogP contribution is -2.46. The van der Waals surface area contributed by atoms with Gasteiger partial charge in [0.2, 0.25) is 11.8 Å². The Bertz CT molecular complexity index is 500. The second kappa shape index (κ2) is 29.3. The number of aliphatic hydroxyl groups excluding tert-OH is 5. The van der Waals surface area contributed by atoms with Gasteiger partial charge in [-0.2, -0.15) is 0 Å². The van der Waals surface area contributed by atoms with Crippen molar-refractivity contribution in [2.24, 2.45) is 11.5 Å². The second-order valence-corrected chi connectivity index (χ2v) is 5.86. The van der Waals surface area contributed by atoms with E-state index in [1.807, 2.05) is 14.1 Å². The molecule has 0 aliphatic heterocycles. The van der Waals surface area contributed by atoms with Crippen LogP contribution in [-0.4, -0.2) is 112 Å². The van der Waals surface area contributed by atoms with Gasteiger partial charge in [0.1, 0.15) is 37.6 Å². The molecule has 0 aromatic heterocycles. The van der Waals surface area contributed by atoms with Gasteiger partial charge in [-0.25, -0.2) is 0 Å². The maximum absolute atomic E-state index is 10.9. The molecule has 0 bridgehead atoms. The SMILES string of the molecule is CC(=O)O.CC(N)=O.CCCC(=O)OC[C@@H](O)[C@@H](O)[C@H](O)[C@@H](O)C=O.CNC.NC(=O)CO. The molecule has 0 saturated heterocycles. The van der Waals surface area contributed by atoms with Gasteiger partial charge in [-0.15, -0.1) is 0 Å². The summed E-state index contributed by atoms with van der Waals surface area (Å²) >= 11 is 0. The number of aldehydes is 1. The van der Waals surface area contributed by atoms with Crippen molar-refractivity contribution in [1.29, 1.82) is 0 Å². The molecule has 15 nitrogen and oxygen atoms in total. The summed E-state index contributed by atoms with van der Waals surface area (Å²) in [6.45, 7) is 3.10. The van der Waals surface area contributed by atoms with Gasteiger partial charge in [-0.05, 0) is 20.5 Å². The highest BCUT2D eigenvalue weighted by atomic mass is 16.5. The zero-order valence-electron chi connectivity index (χ0n) is 19.5. The van der Waals surface area contributed by atoms with Gasteiger partial charge in [-0.1, -0.05) is 6.92 Å². The number of carbonyl (C=O) groups is 5. The van der Waals surface area contributed by atoms with E-state index in [2.05, 4.69) is 21.5 Å². The summed E-state index contributed by atoms with van der Waals surface area (Å²) in [5.41, 5.74) is 8.88. The molecule has 0 unspecified atom stereocenters. The zero-order valence-corrected chi connectivity index (χ0v) is 19.5. The van der Waals surface area contributed by atoms with E-state index in [4.69, 9.17) is 20.1 Å². The van der Waals surface area contributed by atoms with Crippen molar-refractivity contribution >= 4 is 30.0 Å². The number of aliphatic carboxylic acids is 1. The highest BCUT2D eigenvalue weighted by Gasteiger charge is 2.30. The standard InChI is InChI=1S/C10H18O7.C2H5NO2.C2H5NO.C2H7N.C2H4O2/c1-2-3-8(14)17-5-7(13)10(16)9(15)6(12)4-11;3-2(5)1-4;1-2(3)4;1-3-2;1-2(3)4/h4,6-7,9-10,12-13,15-16H,2-3,5H2,1H3;4H,1H2,(H2,3,5);1H3,(H2,3,4);3H,1-2H3;1H3,(H,3,4)/t6-,7+,9+,10+;;;;/m0..../s1. The fourth-order valence-corrected chi connectivity index (χ4v) is 1.06. The lowest BCUT2D eigenvalue weighted by molar-refractivity contribution is -0.156. The molecule has 198 valence electrons. The molecule has 4 atom stereocenters. The first-order valence-corrected chi connectivity index (χ1v) is 9.35. The molecule has 0 fully saturated rings. The van der Waals surface area contributed by atoms with Gasteiger partial charge in [-0.3, -0.25) is 19.2 Å². The van der Waals surface area contributed by atoms with Gasteiger partial charge in [0.15, 0.2) is 6.29 Å². The third-order valence-corrected chi connectivity index (χ3v) is 2.26. The van der Waals surface area contributed by atoms with E-state index in [0.29, 0.717) is 6.42 Å². The molecule has 15 heteroatoms. The summed E-state index contributed by atoms with van der Waals surface area (Å²) < 4.78 is 4.60. The Morgan fingerprint density at radius 1 is 1.00 bits per heavy atom. The quantitative estimate of drug-likeness (QED) is 0.110. The van der Waals surface area contributed by atoms with Crippen molar-refractivity contribution < 1.29 is 59.3 Å². The summed E-state index contributed by atoms with van der Waals surface area (Å²) in [5, 5.41) is 54.6. The Morgan fingerprint density at radius 3 is 1.58 bits per heavy atom. The van der Waals surface area contributed by atoms with Crippen LogP contribution in [0.15, 0.2) is 0 Å². The number of esters is 1. The highest BCUT2D eigenvalue weighted by molar-refractivity contribution is 5.74. The average molecular weight is 490 g/mol. The minimum Gasteiger partial charge on any atom is -0.481 e. The van der Waals surface area contributed by atoms with Crippen LogP contribution in [0.5, 0.6) is 0 Å². The van der Waals surface area contributed by atoms with Crippen LogP contribution in [0.4, 0.5) is 0 Å². The first-order valence-electron chi connectivity index (χ1n) is 9.35. The number of carboxylic acids is 1. The number of amides is 2. The molecule has 0 aromatic rings. The minimum atomic E-state index is -1.83. The summed E-state index contributed by atoms with van der Waals surface area (Å²) in [6.07, 6.45) is -6.17. The summed E-state index contributed by atoms with van der Waals surface area (Å²) in [6, 6.07) is 0. The third-order valence-electron chi connectivity index (χ3n) is 2.26. The number of hydrogen-bond acceptors (Lipinski definition) is 12. The third kappa shape index (κ3) is 48.1. The molecule has 0 radical (unpaired) electrons. The minimum absolute atomic E-state index is 0.0314. The van der Waals surface area contributed by atoms with Crippen LogP contribution >= 0.6 is 0 Å². The largest absolute Gasteiger partial charge is 0.481 e. The van der Waals surface area contributed by atoms with E-state index in [9.17, 15) is 34.5 Å². The molecule has 0 heterocycles. The number of aliphatic hydroxyl groups is 5. The van der Waals surface area contributed by atoms with Crippen molar-refractivity contribution in [1.82, 2.24) is 5.32 Å². The molecular weight excluding hydrogens is 450 g/mol. The predicted octanol–water partition coefficient (Wildman–Crippen LogP) is -4.15. The molecule has 33 heavy (non-hydrogen) atoms. The normalized spacial score (nSPS) is 12.4. The van der Waals surface area contributed by atoms with Crippen LogP contribution in [0, 0.1) is 0 Å². The topological polar surface area (TPSA) is 280 Å². The van der Waals surface area contributed by atoms with E-state index in [1.165, 1.54) is 6.92 Å². The Labute approximate surface area is 192 Å². The van der Waals surface area contributed by atoms with Crippen molar-refractivity contribution in [3.8, 4) is 0 Å². The summed E-state index contributed by atoms with van der Waals surface area (Å²) in [7, 11) is 3.75. The second-order valence-electron chi connectivity index (χ2n) is 5.86. The first-order chi connectivity index (χ1) is 15.1. The van der Waals surface area contributed by atoms with Crippen molar-refractivity contribution in [3.05, 3.63) is 0 Å². The molecule has 11 N–H and O–H groups in total. The number of carboxylic acid groups (broad SMARTS) is 1. The van der Waals surface area contributed by atoms with Gasteiger partial charge in [0.25, 0.3) is 5.97 Å². The van der Waals surface area contributed by atoms with Crippen molar-refractivity contribution in [2.45, 2.75) is 58.0 Å². The summed E-state index contributed by atoms with van der Waals surface area (Å²) in [4.78, 5) is 48.6. The van der Waals surface area contributed by atoms with E-state index in [-0.39, 0.29) is 18.6 Å². The fraction of sp³-hybridized carbons (Fsp3) is 0.722. The number of nitrogens with one attached hydrogen (secondary N) is 1. The van der Waals surface area contributed by atoms with Crippen molar-refractivity contribution in [2.75, 3.05) is 27.3 Å². The highest BCUT2D eigenvalue weighted by Crippen LogP contribution is 2.05. The molecule has 0 aliphatic rings. The van der Waals surface area contributed by atoms with E-state index >= 15 is 0 Å². The lowest BCUT2D eigenvalue weighted by atomic mass is 10.0. The van der Waals surface area contributed by atoms with Crippen LogP contribution in [-0.2, 0) is 28.7 Å². The monoisotopic (exact) mass is 489 g/mol. The van der Waals surface area contributed by atoms with Crippen LogP contribution in [0.3, 0.4) is 0 Å². The molecule has 0 aliphatic carbocycles. The van der Waals surface area contributed by atoms with Gasteiger partial charge < -0.3 is 57.0 Å². The molecular formula is C18H39N3O12. The van der Waals surface area contributed by atoms with Crippen molar-refractivity contribution in [3.63, 3.8) is 0 Å². The van der Waals surface area contributed by atoms with Gasteiger partial charge in [0, 0.05) is 20.3 Å². The van der Waals surface area contributed by atoms with Gasteiger partial charge in [0.05, 0.1) is 0 Å². The average Bonchev–Trinajstić information content (AvgIpc) is 2.70. The van der Waals surface area contributed by atoms with E-state index in [1.54, 1.807) is 6.92 Å². The number of rotatable bonds is 9. The predicted molar refractivity (Wildman–Crippen MR) is 115 cm³/mol.